The van der Waals surface area contributed by atoms with E-state index in [1.54, 1.807) is 11.3 Å². The fourth-order valence-corrected chi connectivity index (χ4v) is 2.86. The van der Waals surface area contributed by atoms with Crippen LogP contribution in [0.25, 0.3) is 0 Å². The van der Waals surface area contributed by atoms with Crippen LogP contribution in [0.3, 0.4) is 0 Å². The predicted molar refractivity (Wildman–Crippen MR) is 84.0 cm³/mol. The first-order valence-electron chi connectivity index (χ1n) is 7.10. The zero-order valence-electron chi connectivity index (χ0n) is 12.1. The minimum atomic E-state index is -0.0169. The summed E-state index contributed by atoms with van der Waals surface area (Å²) in [5, 5.41) is 15.0. The number of nitrogens with one attached hydrogen (secondary N) is 1. The second-order valence-electron chi connectivity index (χ2n) is 4.91. The fraction of sp³-hybridized carbons (Fsp3) is 0.375. The van der Waals surface area contributed by atoms with E-state index in [0.29, 0.717) is 13.0 Å². The maximum atomic E-state index is 11.9. The molecular weight excluding hydrogens is 284 g/mol. The highest BCUT2D eigenvalue weighted by molar-refractivity contribution is 7.09. The minimum absolute atomic E-state index is 0.0169. The van der Waals surface area contributed by atoms with Gasteiger partial charge < -0.3 is 10.4 Å². The van der Waals surface area contributed by atoms with Gasteiger partial charge in [-0.1, -0.05) is 31.2 Å². The van der Waals surface area contributed by atoms with Gasteiger partial charge in [-0.3, -0.25) is 4.79 Å². The third-order valence-electron chi connectivity index (χ3n) is 3.10. The highest BCUT2D eigenvalue weighted by Gasteiger charge is 2.06. The van der Waals surface area contributed by atoms with E-state index in [0.717, 1.165) is 34.7 Å². The fourth-order valence-electron chi connectivity index (χ4n) is 1.96. The highest BCUT2D eigenvalue weighted by Crippen LogP contribution is 2.11. The lowest BCUT2D eigenvalue weighted by molar-refractivity contribution is -0.120. The van der Waals surface area contributed by atoms with Crippen molar-refractivity contribution in [2.75, 3.05) is 0 Å². The largest absolute Gasteiger partial charge is 0.392 e. The second-order valence-corrected chi connectivity index (χ2v) is 5.85. The van der Waals surface area contributed by atoms with Crippen molar-refractivity contribution in [3.05, 3.63) is 51.5 Å². The molecule has 2 aromatic rings. The van der Waals surface area contributed by atoms with Gasteiger partial charge in [-0.2, -0.15) is 0 Å². The third kappa shape index (κ3) is 4.95. The van der Waals surface area contributed by atoms with Gasteiger partial charge >= 0.3 is 0 Å². The molecule has 1 amide bonds. The van der Waals surface area contributed by atoms with Crippen LogP contribution in [0.15, 0.2) is 29.6 Å². The molecule has 0 fully saturated rings. The molecule has 0 unspecified atom stereocenters. The highest BCUT2D eigenvalue weighted by atomic mass is 32.1. The molecule has 2 N–H and O–H groups in total. The number of rotatable bonds is 7. The van der Waals surface area contributed by atoms with Gasteiger partial charge in [-0.05, 0) is 24.0 Å². The van der Waals surface area contributed by atoms with Crippen molar-refractivity contribution < 1.29 is 9.90 Å². The van der Waals surface area contributed by atoms with E-state index in [9.17, 15) is 4.79 Å². The Morgan fingerprint density at radius 3 is 2.67 bits per heavy atom. The Hall–Kier alpha value is -1.72. The molecule has 21 heavy (non-hydrogen) atoms. The van der Waals surface area contributed by atoms with Crippen molar-refractivity contribution in [1.29, 1.82) is 0 Å². The summed E-state index contributed by atoms with van der Waals surface area (Å²) in [7, 11) is 0. The number of aryl methyl sites for hydroxylation is 1. The topological polar surface area (TPSA) is 62.2 Å². The Morgan fingerprint density at radius 1 is 1.29 bits per heavy atom. The molecule has 0 aliphatic rings. The van der Waals surface area contributed by atoms with Crippen LogP contribution in [0, 0.1) is 0 Å². The normalized spacial score (nSPS) is 10.6. The van der Waals surface area contributed by atoms with Gasteiger partial charge in [-0.15, -0.1) is 11.3 Å². The number of carbonyl (C=O) groups excluding carboxylic acids is 1. The molecule has 2 rings (SSSR count). The monoisotopic (exact) mass is 304 g/mol. The Kier molecular flexibility index (Phi) is 5.90. The molecule has 0 aliphatic carbocycles. The molecule has 0 saturated carbocycles. The van der Waals surface area contributed by atoms with E-state index in [1.807, 2.05) is 29.6 Å². The molecule has 1 heterocycles. The molecular formula is C16H20N2O2S. The molecule has 112 valence electrons. The average molecular weight is 304 g/mol. The molecule has 1 aromatic carbocycles. The van der Waals surface area contributed by atoms with E-state index >= 15 is 0 Å². The third-order valence-corrected chi connectivity index (χ3v) is 4.06. The van der Waals surface area contributed by atoms with Crippen LogP contribution in [0.4, 0.5) is 0 Å². The number of aliphatic hydroxyl groups excluding tert-OH is 1. The summed E-state index contributed by atoms with van der Waals surface area (Å²) >= 11 is 1.65. The number of benzene rings is 1. The van der Waals surface area contributed by atoms with Crippen LogP contribution in [0.2, 0.25) is 0 Å². The number of thiazole rings is 1. The van der Waals surface area contributed by atoms with Gasteiger partial charge in [0.1, 0.15) is 0 Å². The number of aliphatic hydroxyl groups is 1. The molecule has 1 aromatic heterocycles. The van der Waals surface area contributed by atoms with Crippen molar-refractivity contribution >= 4 is 17.2 Å². The number of carbonyl (C=O) groups is 1. The van der Waals surface area contributed by atoms with Crippen molar-refractivity contribution in [3.63, 3.8) is 0 Å². The molecule has 4 nitrogen and oxygen atoms in total. The van der Waals surface area contributed by atoms with Gasteiger partial charge in [-0.25, -0.2) is 4.98 Å². The molecule has 0 spiro atoms. The lowest BCUT2D eigenvalue weighted by Gasteiger charge is -2.04. The van der Waals surface area contributed by atoms with E-state index in [4.69, 9.17) is 5.11 Å². The first-order valence-corrected chi connectivity index (χ1v) is 7.98. The summed E-state index contributed by atoms with van der Waals surface area (Å²) in [5.41, 5.74) is 2.71. The van der Waals surface area contributed by atoms with E-state index in [-0.39, 0.29) is 12.5 Å². The van der Waals surface area contributed by atoms with Gasteiger partial charge in [0.25, 0.3) is 0 Å². The summed E-state index contributed by atoms with van der Waals surface area (Å²) in [6.45, 7) is 2.63. The zero-order valence-corrected chi connectivity index (χ0v) is 12.9. The van der Waals surface area contributed by atoms with Crippen molar-refractivity contribution in [2.24, 2.45) is 0 Å². The molecule has 5 heteroatoms. The number of amides is 1. The molecule has 0 aliphatic heterocycles. The zero-order chi connectivity index (χ0) is 15.1. The maximum absolute atomic E-state index is 11.9. The first kappa shape index (κ1) is 15.7. The second kappa shape index (κ2) is 7.90. The number of nitrogens with zero attached hydrogens (tertiary/aromatic N) is 1. The van der Waals surface area contributed by atoms with Gasteiger partial charge in [0.2, 0.25) is 5.91 Å². The standard InChI is InChI=1S/C16H20N2O2S/c1-2-3-16-18-14(11-21-16)9-17-15(20)8-12-4-6-13(10-19)7-5-12/h4-7,11,19H,2-3,8-10H2,1H3,(H,17,20). The summed E-state index contributed by atoms with van der Waals surface area (Å²) in [6, 6.07) is 7.40. The Bertz CT molecular complexity index is 578. The van der Waals surface area contributed by atoms with Crippen molar-refractivity contribution in [3.8, 4) is 0 Å². The summed E-state index contributed by atoms with van der Waals surface area (Å²) in [5.74, 6) is -0.0169. The molecule has 0 atom stereocenters. The van der Waals surface area contributed by atoms with Crippen LogP contribution < -0.4 is 5.32 Å². The van der Waals surface area contributed by atoms with E-state index < -0.39 is 0 Å². The smallest absolute Gasteiger partial charge is 0.224 e. The first-order chi connectivity index (χ1) is 10.2. The summed E-state index contributed by atoms with van der Waals surface area (Å²) in [6.07, 6.45) is 2.43. The lowest BCUT2D eigenvalue weighted by Crippen LogP contribution is -2.24. The lowest BCUT2D eigenvalue weighted by atomic mass is 10.1. The summed E-state index contributed by atoms with van der Waals surface area (Å²) < 4.78 is 0. The van der Waals surface area contributed by atoms with Crippen LogP contribution in [-0.2, 0) is 30.8 Å². The molecule has 0 radical (unpaired) electrons. The predicted octanol–water partition coefficient (Wildman–Crippen LogP) is 2.45. The average Bonchev–Trinajstić information content (AvgIpc) is 2.94. The summed E-state index contributed by atoms with van der Waals surface area (Å²) in [4.78, 5) is 16.4. The Balaban J connectivity index is 1.80. The number of hydrogen-bond acceptors (Lipinski definition) is 4. The van der Waals surface area contributed by atoms with Crippen LogP contribution in [0.1, 0.15) is 35.2 Å². The molecule has 0 saturated heterocycles. The maximum Gasteiger partial charge on any atom is 0.224 e. The SMILES string of the molecule is CCCc1nc(CNC(=O)Cc2ccc(CO)cc2)cs1. The van der Waals surface area contributed by atoms with Gasteiger partial charge in [0.15, 0.2) is 0 Å². The van der Waals surface area contributed by atoms with Gasteiger partial charge in [0, 0.05) is 5.38 Å². The van der Waals surface area contributed by atoms with E-state index in [1.165, 1.54) is 0 Å². The van der Waals surface area contributed by atoms with Crippen LogP contribution in [-0.4, -0.2) is 16.0 Å². The number of hydrogen-bond donors (Lipinski definition) is 2. The van der Waals surface area contributed by atoms with Crippen molar-refractivity contribution in [2.45, 2.75) is 39.3 Å². The quantitative estimate of drug-likeness (QED) is 0.826. The van der Waals surface area contributed by atoms with Crippen molar-refractivity contribution in [1.82, 2.24) is 10.3 Å². The Labute approximate surface area is 128 Å². The molecule has 0 bridgehead atoms. The Morgan fingerprint density at radius 2 is 2.00 bits per heavy atom. The minimum Gasteiger partial charge on any atom is -0.392 e. The van der Waals surface area contributed by atoms with Gasteiger partial charge in [0.05, 0.1) is 30.3 Å². The van der Waals surface area contributed by atoms with Crippen LogP contribution >= 0.6 is 11.3 Å². The number of aromatic nitrogens is 1. The van der Waals surface area contributed by atoms with E-state index in [2.05, 4.69) is 17.2 Å². The van der Waals surface area contributed by atoms with Crippen LogP contribution in [0.5, 0.6) is 0 Å².